The van der Waals surface area contributed by atoms with Crippen molar-refractivity contribution < 1.29 is 4.42 Å². The lowest BCUT2D eigenvalue weighted by atomic mass is 9.82. The molecule has 55 heavy (non-hydrogen) atoms. The van der Waals surface area contributed by atoms with Crippen LogP contribution in [-0.2, 0) is 5.41 Å². The molecule has 1 heterocycles. The van der Waals surface area contributed by atoms with E-state index in [0.717, 1.165) is 50.1 Å². The van der Waals surface area contributed by atoms with Crippen molar-refractivity contribution >= 4 is 60.5 Å². The quantitative estimate of drug-likeness (QED) is 0.166. The van der Waals surface area contributed by atoms with Crippen LogP contribution in [0.3, 0.4) is 0 Å². The Morgan fingerprint density at radius 1 is 0.382 bits per heavy atom. The van der Waals surface area contributed by atoms with Crippen molar-refractivity contribution in [2.24, 2.45) is 0 Å². The number of para-hydroxylation sites is 1. The molecule has 1 aliphatic carbocycles. The Balaban J connectivity index is 1.20. The van der Waals surface area contributed by atoms with Gasteiger partial charge in [-0.15, -0.1) is 0 Å². The van der Waals surface area contributed by atoms with Gasteiger partial charge in [-0.25, -0.2) is 0 Å². The van der Waals surface area contributed by atoms with Gasteiger partial charge in [0.25, 0.3) is 0 Å². The van der Waals surface area contributed by atoms with Crippen LogP contribution < -0.4 is 4.90 Å². The highest BCUT2D eigenvalue weighted by molar-refractivity contribution is 6.14. The lowest BCUT2D eigenvalue weighted by Gasteiger charge is -2.30. The number of nitrogens with zero attached hydrogens (tertiary/aromatic N) is 1. The fraction of sp³-hybridized carbons (Fsp3) is 0.0566. The molecule has 0 saturated carbocycles. The summed E-state index contributed by atoms with van der Waals surface area (Å²) in [5.74, 6) is 0. The molecule has 0 amide bonds. The Morgan fingerprint density at radius 3 is 1.89 bits per heavy atom. The molecular formula is C53H37NO. The third-order valence-corrected chi connectivity index (χ3v) is 11.8. The van der Waals surface area contributed by atoms with E-state index in [2.05, 4.69) is 201 Å². The minimum absolute atomic E-state index is 0.148. The number of rotatable bonds is 5. The van der Waals surface area contributed by atoms with Crippen molar-refractivity contribution in [2.45, 2.75) is 19.3 Å². The number of hydrogen-bond donors (Lipinski definition) is 0. The first-order valence-corrected chi connectivity index (χ1v) is 19.1. The minimum atomic E-state index is -0.148. The number of benzene rings is 9. The maximum atomic E-state index is 6.53. The number of fused-ring (bicyclic) bond motifs is 9. The fourth-order valence-corrected chi connectivity index (χ4v) is 9.15. The highest BCUT2D eigenvalue weighted by Crippen LogP contribution is 2.52. The van der Waals surface area contributed by atoms with Gasteiger partial charge < -0.3 is 9.32 Å². The molecule has 9 aromatic carbocycles. The molecule has 0 radical (unpaired) electrons. The smallest absolute Gasteiger partial charge is 0.137 e. The second-order valence-electron chi connectivity index (χ2n) is 15.3. The third kappa shape index (κ3) is 4.88. The normalized spacial score (nSPS) is 13.1. The van der Waals surface area contributed by atoms with E-state index in [1.165, 1.54) is 54.9 Å². The lowest BCUT2D eigenvalue weighted by Crippen LogP contribution is -2.17. The predicted octanol–water partition coefficient (Wildman–Crippen LogP) is 15.0. The van der Waals surface area contributed by atoms with Crippen molar-refractivity contribution in [3.63, 3.8) is 0 Å². The van der Waals surface area contributed by atoms with Gasteiger partial charge in [-0.1, -0.05) is 153 Å². The number of anilines is 3. The minimum Gasteiger partial charge on any atom is -0.456 e. The Bertz CT molecular complexity index is 3130. The molecule has 0 N–H and O–H groups in total. The maximum absolute atomic E-state index is 6.53. The van der Waals surface area contributed by atoms with Gasteiger partial charge in [0.05, 0.1) is 5.69 Å². The average Bonchev–Trinajstić information content (AvgIpc) is 3.72. The van der Waals surface area contributed by atoms with E-state index in [4.69, 9.17) is 4.42 Å². The van der Waals surface area contributed by atoms with E-state index >= 15 is 0 Å². The van der Waals surface area contributed by atoms with Gasteiger partial charge >= 0.3 is 0 Å². The van der Waals surface area contributed by atoms with Crippen molar-refractivity contribution in [2.75, 3.05) is 4.90 Å². The van der Waals surface area contributed by atoms with Gasteiger partial charge in [0.2, 0.25) is 0 Å². The largest absolute Gasteiger partial charge is 0.456 e. The summed E-state index contributed by atoms with van der Waals surface area (Å²) >= 11 is 0. The summed E-state index contributed by atoms with van der Waals surface area (Å²) in [5, 5.41) is 7.25. The summed E-state index contributed by atoms with van der Waals surface area (Å²) in [5.41, 5.74) is 14.9. The second kappa shape index (κ2) is 12.1. The Hall–Kier alpha value is -6.90. The highest BCUT2D eigenvalue weighted by Gasteiger charge is 2.36. The monoisotopic (exact) mass is 703 g/mol. The molecule has 1 aromatic heterocycles. The molecule has 2 nitrogen and oxygen atoms in total. The SMILES string of the molecule is CC1(C)c2ccccc2-c2ccc(N(c3ccc4c(c3)oc3ccccc34)c3cc(-c4cc5ccccc5c5ccccc45)ccc3-c3ccccc3)cc21. The molecule has 0 aliphatic heterocycles. The fourth-order valence-electron chi connectivity index (χ4n) is 9.15. The number of furan rings is 1. The van der Waals surface area contributed by atoms with Crippen molar-refractivity contribution in [3.05, 3.63) is 199 Å². The summed E-state index contributed by atoms with van der Waals surface area (Å²) in [4.78, 5) is 2.45. The van der Waals surface area contributed by atoms with Crippen LogP contribution in [0.1, 0.15) is 25.0 Å². The highest BCUT2D eigenvalue weighted by atomic mass is 16.3. The van der Waals surface area contributed by atoms with Gasteiger partial charge in [-0.3, -0.25) is 0 Å². The zero-order chi connectivity index (χ0) is 36.7. The summed E-state index contributed by atoms with van der Waals surface area (Å²) in [6.07, 6.45) is 0. The van der Waals surface area contributed by atoms with E-state index in [1.807, 2.05) is 6.07 Å². The van der Waals surface area contributed by atoms with Crippen LogP contribution in [0.4, 0.5) is 17.1 Å². The summed E-state index contributed by atoms with van der Waals surface area (Å²) in [7, 11) is 0. The van der Waals surface area contributed by atoms with Crippen LogP contribution in [-0.4, -0.2) is 0 Å². The number of hydrogen-bond acceptors (Lipinski definition) is 2. The van der Waals surface area contributed by atoms with E-state index < -0.39 is 0 Å². The van der Waals surface area contributed by atoms with Gasteiger partial charge in [-0.2, -0.15) is 0 Å². The summed E-state index contributed by atoms with van der Waals surface area (Å²) < 4.78 is 6.53. The molecule has 260 valence electrons. The van der Waals surface area contributed by atoms with Gasteiger partial charge in [0.1, 0.15) is 11.2 Å². The summed E-state index contributed by atoms with van der Waals surface area (Å²) in [6.45, 7) is 4.71. The maximum Gasteiger partial charge on any atom is 0.137 e. The second-order valence-corrected chi connectivity index (χ2v) is 15.3. The molecule has 11 rings (SSSR count). The van der Waals surface area contributed by atoms with E-state index in [9.17, 15) is 0 Å². The van der Waals surface area contributed by atoms with Crippen LogP contribution in [0.25, 0.3) is 76.9 Å². The molecule has 0 unspecified atom stereocenters. The predicted molar refractivity (Wildman–Crippen MR) is 232 cm³/mol. The first kappa shape index (κ1) is 31.6. The third-order valence-electron chi connectivity index (χ3n) is 11.8. The summed E-state index contributed by atoms with van der Waals surface area (Å²) in [6, 6.07) is 68.6. The molecule has 0 saturated heterocycles. The zero-order valence-electron chi connectivity index (χ0n) is 30.8. The van der Waals surface area contributed by atoms with Crippen LogP contribution >= 0.6 is 0 Å². The molecule has 10 aromatic rings. The van der Waals surface area contributed by atoms with Crippen molar-refractivity contribution in [1.29, 1.82) is 0 Å². The Morgan fingerprint density at radius 2 is 1.02 bits per heavy atom. The first-order valence-electron chi connectivity index (χ1n) is 19.1. The molecule has 0 spiro atoms. The van der Waals surface area contributed by atoms with Gasteiger partial charge in [0, 0.05) is 39.2 Å². The topological polar surface area (TPSA) is 16.4 Å². The molecule has 0 bridgehead atoms. The lowest BCUT2D eigenvalue weighted by molar-refractivity contribution is 0.660. The molecule has 2 heteroatoms. The van der Waals surface area contributed by atoms with Crippen molar-refractivity contribution in [3.8, 4) is 33.4 Å². The van der Waals surface area contributed by atoms with Crippen molar-refractivity contribution in [1.82, 2.24) is 0 Å². The van der Waals surface area contributed by atoms with E-state index in [-0.39, 0.29) is 5.41 Å². The molecular weight excluding hydrogens is 667 g/mol. The van der Waals surface area contributed by atoms with Crippen LogP contribution in [0.5, 0.6) is 0 Å². The van der Waals surface area contributed by atoms with E-state index in [0.29, 0.717) is 0 Å². The van der Waals surface area contributed by atoms with Crippen LogP contribution in [0.2, 0.25) is 0 Å². The standard InChI is InChI=1S/C53H37NO/c1-53(2)48-22-12-10-20-43(48)44-28-25-37(32-49(44)53)54(38-26-29-46-45-21-11-13-23-51(45)55-52(46)33-38)50-31-36(24-27-40(50)34-14-4-3-5-15-34)47-30-35-16-6-7-17-39(35)41-18-8-9-19-42(41)47/h3-33H,1-2H3. The zero-order valence-corrected chi connectivity index (χ0v) is 30.8. The molecule has 0 fully saturated rings. The van der Waals surface area contributed by atoms with Crippen LogP contribution in [0.15, 0.2) is 192 Å². The molecule has 0 atom stereocenters. The Kier molecular flexibility index (Phi) is 6.93. The Labute approximate surface area is 320 Å². The van der Waals surface area contributed by atoms with Gasteiger partial charge in [0.15, 0.2) is 0 Å². The van der Waals surface area contributed by atoms with E-state index in [1.54, 1.807) is 0 Å². The molecule has 1 aliphatic rings. The van der Waals surface area contributed by atoms with Crippen LogP contribution in [0, 0.1) is 0 Å². The van der Waals surface area contributed by atoms with Gasteiger partial charge in [-0.05, 0) is 103 Å². The first-order chi connectivity index (χ1) is 27.0. The average molecular weight is 704 g/mol.